The Morgan fingerprint density at radius 2 is 1.61 bits per heavy atom. The first-order valence-corrected chi connectivity index (χ1v) is 11.4. The summed E-state index contributed by atoms with van der Waals surface area (Å²) in [5.74, 6) is 2.83. The molecular weight excluding hydrogens is 370 g/mol. The molecule has 5 aliphatic rings. The molecule has 6 rings (SSSR count). The molecule has 4 bridgehead atoms. The second kappa shape index (κ2) is 7.21. The van der Waals surface area contributed by atoms with Crippen LogP contribution in [0.3, 0.4) is 0 Å². The molecule has 0 aromatic heterocycles. The number of hydrogen-bond acceptors (Lipinski definition) is 3. The van der Waals surface area contributed by atoms with E-state index in [1.807, 2.05) is 18.2 Å². The first-order valence-electron chi connectivity index (χ1n) is 11.1. The summed E-state index contributed by atoms with van der Waals surface area (Å²) in [5.41, 5.74) is 1.22. The summed E-state index contributed by atoms with van der Waals surface area (Å²) < 4.78 is 0. The van der Waals surface area contributed by atoms with Gasteiger partial charge in [0.1, 0.15) is 0 Å². The Hall–Kier alpha value is -1.26. The van der Waals surface area contributed by atoms with E-state index in [2.05, 4.69) is 28.1 Å². The average molecular weight is 402 g/mol. The fourth-order valence-corrected chi connectivity index (χ4v) is 7.11. The van der Waals surface area contributed by atoms with Crippen LogP contribution in [0.25, 0.3) is 0 Å². The summed E-state index contributed by atoms with van der Waals surface area (Å²) in [4.78, 5) is 17.8. The van der Waals surface area contributed by atoms with Gasteiger partial charge < -0.3 is 10.2 Å². The molecule has 4 saturated carbocycles. The number of carbonyl (C=O) groups excluding carboxylic acids is 1. The topological polar surface area (TPSA) is 35.6 Å². The Morgan fingerprint density at radius 1 is 1.04 bits per heavy atom. The van der Waals surface area contributed by atoms with Crippen molar-refractivity contribution >= 4 is 23.2 Å². The maximum atomic E-state index is 13.1. The highest BCUT2D eigenvalue weighted by Gasteiger charge is 2.51. The third kappa shape index (κ3) is 3.43. The number of anilines is 1. The second-order valence-corrected chi connectivity index (χ2v) is 10.2. The van der Waals surface area contributed by atoms with Gasteiger partial charge in [-0.15, -0.1) is 0 Å². The van der Waals surface area contributed by atoms with Crippen molar-refractivity contribution in [2.24, 2.45) is 17.8 Å². The van der Waals surface area contributed by atoms with E-state index in [1.165, 1.54) is 38.5 Å². The Kier molecular flexibility index (Phi) is 4.83. The van der Waals surface area contributed by atoms with Crippen LogP contribution in [-0.2, 0) is 4.79 Å². The number of amides is 1. The van der Waals surface area contributed by atoms with Crippen molar-refractivity contribution in [1.29, 1.82) is 0 Å². The lowest BCUT2D eigenvalue weighted by molar-refractivity contribution is -0.131. The molecule has 1 amide bonds. The minimum absolute atomic E-state index is 0.0543. The van der Waals surface area contributed by atoms with Gasteiger partial charge in [-0.2, -0.15) is 0 Å². The molecule has 1 atom stereocenters. The number of hydrogen-bond donors (Lipinski definition) is 1. The van der Waals surface area contributed by atoms with Crippen LogP contribution in [0.15, 0.2) is 24.3 Å². The number of nitrogens with one attached hydrogen (secondary N) is 1. The van der Waals surface area contributed by atoms with Crippen molar-refractivity contribution in [1.82, 2.24) is 10.2 Å². The highest BCUT2D eigenvalue weighted by Crippen LogP contribution is 2.55. The van der Waals surface area contributed by atoms with E-state index in [0.29, 0.717) is 0 Å². The van der Waals surface area contributed by atoms with Crippen LogP contribution in [0.1, 0.15) is 45.4 Å². The fraction of sp³-hybridized carbons (Fsp3) is 0.696. The molecule has 4 nitrogen and oxygen atoms in total. The van der Waals surface area contributed by atoms with Crippen molar-refractivity contribution in [3.63, 3.8) is 0 Å². The zero-order chi connectivity index (χ0) is 19.3. The molecule has 1 aromatic carbocycles. The number of nitrogens with zero attached hydrogens (tertiary/aromatic N) is 2. The molecule has 0 radical (unpaired) electrons. The predicted octanol–water partition coefficient (Wildman–Crippen LogP) is 3.94. The Labute approximate surface area is 173 Å². The van der Waals surface area contributed by atoms with Crippen LogP contribution in [0.4, 0.5) is 5.69 Å². The van der Waals surface area contributed by atoms with Crippen molar-refractivity contribution in [3.05, 3.63) is 29.3 Å². The van der Waals surface area contributed by atoms with E-state index in [0.717, 1.165) is 54.6 Å². The summed E-state index contributed by atoms with van der Waals surface area (Å²) in [6, 6.07) is 7.99. The zero-order valence-corrected chi connectivity index (χ0v) is 17.6. The number of para-hydroxylation sites is 1. The third-order valence-corrected chi connectivity index (χ3v) is 8.18. The van der Waals surface area contributed by atoms with Crippen molar-refractivity contribution in [2.45, 2.75) is 57.0 Å². The summed E-state index contributed by atoms with van der Waals surface area (Å²) in [6.45, 7) is 5.72. The van der Waals surface area contributed by atoms with Crippen LogP contribution in [0, 0.1) is 17.8 Å². The van der Waals surface area contributed by atoms with Gasteiger partial charge in [-0.05, 0) is 75.3 Å². The zero-order valence-electron chi connectivity index (χ0n) is 16.9. The van der Waals surface area contributed by atoms with Gasteiger partial charge in [-0.3, -0.25) is 9.69 Å². The van der Waals surface area contributed by atoms with Crippen LogP contribution < -0.4 is 10.2 Å². The van der Waals surface area contributed by atoms with Crippen molar-refractivity contribution < 1.29 is 4.79 Å². The normalized spacial score (nSPS) is 35.8. The first kappa shape index (κ1) is 18.7. The molecule has 4 aliphatic carbocycles. The molecule has 1 saturated heterocycles. The minimum atomic E-state index is -0.0543. The monoisotopic (exact) mass is 401 g/mol. The van der Waals surface area contributed by atoms with Gasteiger partial charge in [0, 0.05) is 31.7 Å². The van der Waals surface area contributed by atoms with Gasteiger partial charge in [0.05, 0.1) is 16.8 Å². The van der Waals surface area contributed by atoms with Gasteiger partial charge in [0.2, 0.25) is 5.91 Å². The van der Waals surface area contributed by atoms with Gasteiger partial charge in [-0.25, -0.2) is 0 Å². The molecule has 1 aromatic rings. The third-order valence-electron chi connectivity index (χ3n) is 7.86. The highest BCUT2D eigenvalue weighted by molar-refractivity contribution is 6.33. The first-order chi connectivity index (χ1) is 13.5. The van der Waals surface area contributed by atoms with E-state index in [9.17, 15) is 4.79 Å². The maximum Gasteiger partial charge on any atom is 0.237 e. The van der Waals surface area contributed by atoms with Crippen LogP contribution in [0.5, 0.6) is 0 Å². The maximum absolute atomic E-state index is 13.1. The molecular formula is C23H32ClN3O. The molecule has 28 heavy (non-hydrogen) atoms. The van der Waals surface area contributed by atoms with E-state index in [1.54, 1.807) is 0 Å². The Bertz CT molecular complexity index is 708. The highest BCUT2D eigenvalue weighted by atomic mass is 35.5. The number of piperazine rings is 1. The Balaban J connectivity index is 1.19. The average Bonchev–Trinajstić information content (AvgIpc) is 2.66. The molecule has 0 unspecified atom stereocenters. The summed E-state index contributed by atoms with van der Waals surface area (Å²) in [7, 11) is 0. The van der Waals surface area contributed by atoms with Gasteiger partial charge in [0.15, 0.2) is 0 Å². The van der Waals surface area contributed by atoms with E-state index >= 15 is 0 Å². The lowest BCUT2D eigenvalue weighted by Crippen LogP contribution is -2.63. The molecule has 5 heteroatoms. The van der Waals surface area contributed by atoms with Gasteiger partial charge in [0.25, 0.3) is 0 Å². The Morgan fingerprint density at radius 3 is 2.18 bits per heavy atom. The smallest absolute Gasteiger partial charge is 0.237 e. The number of halogens is 1. The molecule has 1 heterocycles. The SMILES string of the molecule is C[C@H](C(=O)NC12CC3CC(CC(C3)C1)C2)N1CCN(c2ccccc2Cl)CC1. The quantitative estimate of drug-likeness (QED) is 0.830. The largest absolute Gasteiger partial charge is 0.368 e. The lowest BCUT2D eigenvalue weighted by atomic mass is 9.53. The van der Waals surface area contributed by atoms with Crippen molar-refractivity contribution in [3.8, 4) is 0 Å². The molecule has 0 spiro atoms. The van der Waals surface area contributed by atoms with Gasteiger partial charge >= 0.3 is 0 Å². The van der Waals surface area contributed by atoms with Gasteiger partial charge in [-0.1, -0.05) is 23.7 Å². The standard InChI is InChI=1S/C23H32ClN3O/c1-16(26-6-8-27(9-7-26)21-5-3-2-4-20(21)24)22(28)25-23-13-17-10-18(14-23)12-19(11-17)15-23/h2-5,16-19H,6-15H2,1H3,(H,25,28)/t16-,17?,18?,19?,23?/m1/s1. The lowest BCUT2D eigenvalue weighted by Gasteiger charge is -2.57. The molecule has 152 valence electrons. The fourth-order valence-electron chi connectivity index (χ4n) is 6.85. The number of carbonyl (C=O) groups is 1. The van der Waals surface area contributed by atoms with E-state index in [4.69, 9.17) is 11.6 Å². The summed E-state index contributed by atoms with van der Waals surface area (Å²) in [6.07, 6.45) is 7.89. The summed E-state index contributed by atoms with van der Waals surface area (Å²) >= 11 is 6.36. The second-order valence-electron chi connectivity index (χ2n) is 9.84. The van der Waals surface area contributed by atoms with Crippen LogP contribution in [0.2, 0.25) is 5.02 Å². The van der Waals surface area contributed by atoms with E-state index in [-0.39, 0.29) is 17.5 Å². The summed E-state index contributed by atoms with van der Waals surface area (Å²) in [5, 5.41) is 4.37. The van der Waals surface area contributed by atoms with Crippen LogP contribution >= 0.6 is 11.6 Å². The minimum Gasteiger partial charge on any atom is -0.368 e. The number of rotatable bonds is 4. The molecule has 5 fully saturated rings. The molecule has 1 aliphatic heterocycles. The van der Waals surface area contributed by atoms with E-state index < -0.39 is 0 Å². The molecule has 1 N–H and O–H groups in total. The van der Waals surface area contributed by atoms with Crippen LogP contribution in [-0.4, -0.2) is 48.6 Å². The van der Waals surface area contributed by atoms with Crippen molar-refractivity contribution in [2.75, 3.05) is 31.1 Å². The predicted molar refractivity (Wildman–Crippen MR) is 114 cm³/mol. The number of benzene rings is 1.